The van der Waals surface area contributed by atoms with Crippen LogP contribution < -0.4 is 11.1 Å². The van der Waals surface area contributed by atoms with Gasteiger partial charge in [-0.05, 0) is 38.4 Å². The molecule has 1 amide bonds. The Morgan fingerprint density at radius 1 is 1.45 bits per heavy atom. The van der Waals surface area contributed by atoms with E-state index in [1.165, 1.54) is 6.92 Å². The van der Waals surface area contributed by atoms with Crippen LogP contribution in [0.3, 0.4) is 0 Å². The SMILES string of the molecule is CC(=O)c1cccc(NC(=O)CN2CCC[C@@H](N)C2)c1. The van der Waals surface area contributed by atoms with Gasteiger partial charge < -0.3 is 11.1 Å². The fraction of sp³-hybridized carbons (Fsp3) is 0.467. The van der Waals surface area contributed by atoms with Gasteiger partial charge in [0.2, 0.25) is 5.91 Å². The molecular weight excluding hydrogens is 254 g/mol. The third-order valence-electron chi connectivity index (χ3n) is 3.46. The molecule has 2 rings (SSSR count). The lowest BCUT2D eigenvalue weighted by Gasteiger charge is -2.29. The maximum Gasteiger partial charge on any atom is 0.238 e. The predicted octanol–water partition coefficient (Wildman–Crippen LogP) is 1.25. The molecule has 1 aliphatic rings. The van der Waals surface area contributed by atoms with Gasteiger partial charge >= 0.3 is 0 Å². The Kier molecular flexibility index (Phi) is 4.87. The van der Waals surface area contributed by atoms with E-state index < -0.39 is 0 Å². The Bertz CT molecular complexity index is 502. The van der Waals surface area contributed by atoms with Gasteiger partial charge in [0.1, 0.15) is 0 Å². The lowest BCUT2D eigenvalue weighted by Crippen LogP contribution is -2.45. The summed E-state index contributed by atoms with van der Waals surface area (Å²) in [6, 6.07) is 7.15. The summed E-state index contributed by atoms with van der Waals surface area (Å²) in [5.74, 6) is -0.0806. The average molecular weight is 275 g/mol. The number of carbonyl (C=O) groups is 2. The Morgan fingerprint density at radius 3 is 2.95 bits per heavy atom. The third-order valence-corrected chi connectivity index (χ3v) is 3.46. The Morgan fingerprint density at radius 2 is 2.25 bits per heavy atom. The zero-order chi connectivity index (χ0) is 14.5. The number of hydrogen-bond acceptors (Lipinski definition) is 4. The Labute approximate surface area is 119 Å². The molecule has 3 N–H and O–H groups in total. The highest BCUT2D eigenvalue weighted by Gasteiger charge is 2.18. The highest BCUT2D eigenvalue weighted by molar-refractivity contribution is 5.97. The molecule has 1 aromatic carbocycles. The summed E-state index contributed by atoms with van der Waals surface area (Å²) in [7, 11) is 0. The van der Waals surface area contributed by atoms with Crippen LogP contribution in [-0.2, 0) is 4.79 Å². The Hall–Kier alpha value is -1.72. The molecule has 1 atom stereocenters. The fourth-order valence-corrected chi connectivity index (χ4v) is 2.45. The van der Waals surface area contributed by atoms with Crippen molar-refractivity contribution in [2.45, 2.75) is 25.8 Å². The standard InChI is InChI=1S/C15H21N3O2/c1-11(19)12-4-2-6-14(8-12)17-15(20)10-18-7-3-5-13(16)9-18/h2,4,6,8,13H,3,5,7,9-10,16H2,1H3,(H,17,20)/t13-/m1/s1. The number of amides is 1. The number of piperidine rings is 1. The molecule has 1 fully saturated rings. The molecule has 0 spiro atoms. The van der Waals surface area contributed by atoms with Crippen molar-refractivity contribution in [1.82, 2.24) is 4.90 Å². The largest absolute Gasteiger partial charge is 0.327 e. The molecule has 5 nitrogen and oxygen atoms in total. The second-order valence-corrected chi connectivity index (χ2v) is 5.32. The zero-order valence-corrected chi connectivity index (χ0v) is 11.8. The molecule has 20 heavy (non-hydrogen) atoms. The molecule has 1 saturated heterocycles. The lowest BCUT2D eigenvalue weighted by molar-refractivity contribution is -0.117. The van der Waals surface area contributed by atoms with E-state index in [2.05, 4.69) is 10.2 Å². The number of ketones is 1. The van der Waals surface area contributed by atoms with Crippen LogP contribution in [0, 0.1) is 0 Å². The van der Waals surface area contributed by atoms with Crippen LogP contribution in [0.25, 0.3) is 0 Å². The number of nitrogens with two attached hydrogens (primary N) is 1. The van der Waals surface area contributed by atoms with Gasteiger partial charge in [-0.15, -0.1) is 0 Å². The van der Waals surface area contributed by atoms with Gasteiger partial charge in [-0.3, -0.25) is 14.5 Å². The summed E-state index contributed by atoms with van der Waals surface area (Å²) in [6.45, 7) is 3.53. The van der Waals surface area contributed by atoms with Gasteiger partial charge in [0, 0.05) is 23.8 Å². The van der Waals surface area contributed by atoms with Gasteiger partial charge in [-0.25, -0.2) is 0 Å². The van der Waals surface area contributed by atoms with Crippen LogP contribution in [-0.4, -0.2) is 42.3 Å². The highest BCUT2D eigenvalue weighted by atomic mass is 16.2. The van der Waals surface area contributed by atoms with E-state index in [-0.39, 0.29) is 17.7 Å². The van der Waals surface area contributed by atoms with Crippen molar-refractivity contribution >= 4 is 17.4 Å². The summed E-state index contributed by atoms with van der Waals surface area (Å²) in [5.41, 5.74) is 7.15. The van der Waals surface area contributed by atoms with Gasteiger partial charge in [0.05, 0.1) is 6.54 Å². The number of carbonyl (C=O) groups excluding carboxylic acids is 2. The molecule has 0 saturated carbocycles. The minimum absolute atomic E-state index is 0.0110. The summed E-state index contributed by atoms with van der Waals surface area (Å²) in [6.07, 6.45) is 2.06. The Balaban J connectivity index is 1.91. The first kappa shape index (κ1) is 14.7. The smallest absolute Gasteiger partial charge is 0.238 e. The molecule has 0 unspecified atom stereocenters. The minimum Gasteiger partial charge on any atom is -0.327 e. The molecule has 0 bridgehead atoms. The van der Waals surface area contributed by atoms with Crippen molar-refractivity contribution in [3.63, 3.8) is 0 Å². The molecule has 0 aromatic heterocycles. The van der Waals surface area contributed by atoms with E-state index in [0.717, 1.165) is 25.9 Å². The molecule has 1 aliphatic heterocycles. The van der Waals surface area contributed by atoms with Crippen molar-refractivity contribution in [3.05, 3.63) is 29.8 Å². The lowest BCUT2D eigenvalue weighted by atomic mass is 10.1. The van der Waals surface area contributed by atoms with Crippen molar-refractivity contribution in [3.8, 4) is 0 Å². The van der Waals surface area contributed by atoms with E-state index in [0.29, 0.717) is 17.8 Å². The average Bonchev–Trinajstić information content (AvgIpc) is 2.38. The van der Waals surface area contributed by atoms with Crippen LogP contribution in [0.5, 0.6) is 0 Å². The van der Waals surface area contributed by atoms with E-state index in [9.17, 15) is 9.59 Å². The number of Topliss-reactive ketones (excluding diaryl/α,β-unsaturated/α-hetero) is 1. The van der Waals surface area contributed by atoms with Crippen LogP contribution in [0.2, 0.25) is 0 Å². The first-order valence-corrected chi connectivity index (χ1v) is 6.93. The number of anilines is 1. The number of likely N-dealkylation sites (tertiary alicyclic amines) is 1. The summed E-state index contributed by atoms with van der Waals surface area (Å²) < 4.78 is 0. The van der Waals surface area contributed by atoms with E-state index >= 15 is 0 Å². The van der Waals surface area contributed by atoms with Gasteiger partial charge in [-0.2, -0.15) is 0 Å². The summed E-state index contributed by atoms with van der Waals surface area (Å²) in [5, 5.41) is 2.83. The van der Waals surface area contributed by atoms with E-state index in [4.69, 9.17) is 5.73 Å². The molecule has 5 heteroatoms. The topological polar surface area (TPSA) is 75.4 Å². The molecule has 0 aliphatic carbocycles. The molecular formula is C15H21N3O2. The molecule has 0 radical (unpaired) electrons. The second kappa shape index (κ2) is 6.63. The highest BCUT2D eigenvalue weighted by Crippen LogP contribution is 2.12. The zero-order valence-electron chi connectivity index (χ0n) is 11.8. The summed E-state index contributed by atoms with van der Waals surface area (Å²) >= 11 is 0. The van der Waals surface area contributed by atoms with Crippen molar-refractivity contribution < 1.29 is 9.59 Å². The van der Waals surface area contributed by atoms with Crippen molar-refractivity contribution in [2.24, 2.45) is 5.73 Å². The predicted molar refractivity (Wildman–Crippen MR) is 78.7 cm³/mol. The second-order valence-electron chi connectivity index (χ2n) is 5.32. The monoisotopic (exact) mass is 275 g/mol. The van der Waals surface area contributed by atoms with Crippen LogP contribution >= 0.6 is 0 Å². The number of rotatable bonds is 4. The van der Waals surface area contributed by atoms with Gasteiger partial charge in [0.15, 0.2) is 5.78 Å². The van der Waals surface area contributed by atoms with Crippen LogP contribution in [0.4, 0.5) is 5.69 Å². The molecule has 1 aromatic rings. The number of nitrogens with zero attached hydrogens (tertiary/aromatic N) is 1. The quantitative estimate of drug-likeness (QED) is 0.811. The maximum absolute atomic E-state index is 12.0. The molecule has 108 valence electrons. The number of nitrogens with one attached hydrogen (secondary N) is 1. The molecule has 1 heterocycles. The minimum atomic E-state index is -0.0696. The van der Waals surface area contributed by atoms with Crippen LogP contribution in [0.15, 0.2) is 24.3 Å². The van der Waals surface area contributed by atoms with Crippen LogP contribution in [0.1, 0.15) is 30.1 Å². The normalized spacial score (nSPS) is 19.6. The number of hydrogen-bond donors (Lipinski definition) is 2. The first-order chi connectivity index (χ1) is 9.54. The van der Waals surface area contributed by atoms with E-state index in [1.54, 1.807) is 24.3 Å². The van der Waals surface area contributed by atoms with E-state index in [1.807, 2.05) is 0 Å². The van der Waals surface area contributed by atoms with Gasteiger partial charge in [0.25, 0.3) is 0 Å². The summed E-state index contributed by atoms with van der Waals surface area (Å²) in [4.78, 5) is 25.4. The van der Waals surface area contributed by atoms with Crippen molar-refractivity contribution in [1.29, 1.82) is 0 Å². The first-order valence-electron chi connectivity index (χ1n) is 6.93. The van der Waals surface area contributed by atoms with Crippen molar-refractivity contribution in [2.75, 3.05) is 25.0 Å². The fourth-order valence-electron chi connectivity index (χ4n) is 2.45. The van der Waals surface area contributed by atoms with Gasteiger partial charge in [-0.1, -0.05) is 12.1 Å². The third kappa shape index (κ3) is 4.15. The number of benzene rings is 1. The maximum atomic E-state index is 12.0.